The highest BCUT2D eigenvalue weighted by atomic mass is 16.4. The van der Waals surface area contributed by atoms with Gasteiger partial charge in [0.2, 0.25) is 5.91 Å². The maximum absolute atomic E-state index is 13.3. The first-order valence-corrected chi connectivity index (χ1v) is 11.3. The number of carboxylic acid groups (broad SMARTS) is 1. The minimum absolute atomic E-state index is 0.144. The summed E-state index contributed by atoms with van der Waals surface area (Å²) in [5.41, 5.74) is 3.16. The highest BCUT2D eigenvalue weighted by molar-refractivity contribution is 6.04. The Kier molecular flexibility index (Phi) is 6.77. The molecule has 4 rings (SSSR count). The molecule has 2 aliphatic rings. The predicted molar refractivity (Wildman–Crippen MR) is 125 cm³/mol. The molecule has 7 nitrogen and oxygen atoms in total. The van der Waals surface area contributed by atoms with E-state index in [1.165, 1.54) is 5.56 Å². The number of piperazine rings is 1. The quantitative estimate of drug-likeness (QED) is 0.711. The summed E-state index contributed by atoms with van der Waals surface area (Å²) in [6, 6.07) is 15.2. The van der Waals surface area contributed by atoms with Crippen molar-refractivity contribution in [1.29, 1.82) is 0 Å². The van der Waals surface area contributed by atoms with E-state index in [0.29, 0.717) is 30.8 Å². The third kappa shape index (κ3) is 5.08. The second kappa shape index (κ2) is 9.90. The van der Waals surface area contributed by atoms with Gasteiger partial charge in [-0.1, -0.05) is 42.0 Å². The van der Waals surface area contributed by atoms with E-state index in [1.807, 2.05) is 6.08 Å². The van der Waals surface area contributed by atoms with Gasteiger partial charge in [0.25, 0.3) is 5.91 Å². The molecule has 7 heteroatoms. The standard InChI is InChI=1S/C26H29N3O4/c1-18-10-12-19(13-11-18)28-14-16-29(17-15-28)25(31)22-8-4-5-9-23(22)27-24(30)20-6-2-3-7-21(20)26(32)33/h2-5,8-13,20-21H,6-7,14-17H2,1H3,(H,27,30)(H,32,33)/p-1/t20-,21+/m0/s1. The average molecular weight is 447 g/mol. The van der Waals surface area contributed by atoms with E-state index in [2.05, 4.69) is 41.4 Å². The number of aliphatic carboxylic acids is 1. The van der Waals surface area contributed by atoms with Crippen molar-refractivity contribution >= 4 is 29.2 Å². The van der Waals surface area contributed by atoms with Crippen molar-refractivity contribution < 1.29 is 19.5 Å². The number of aryl methyl sites for hydroxylation is 1. The maximum atomic E-state index is 13.3. The number of nitrogens with one attached hydrogen (secondary N) is 1. The van der Waals surface area contributed by atoms with Gasteiger partial charge in [-0.3, -0.25) is 9.59 Å². The van der Waals surface area contributed by atoms with Crippen LogP contribution in [0.25, 0.3) is 0 Å². The van der Waals surface area contributed by atoms with Gasteiger partial charge in [0.05, 0.1) is 17.2 Å². The van der Waals surface area contributed by atoms with E-state index in [-0.39, 0.29) is 12.3 Å². The summed E-state index contributed by atoms with van der Waals surface area (Å²) in [5, 5.41) is 14.3. The van der Waals surface area contributed by atoms with E-state index in [0.717, 1.165) is 18.8 Å². The van der Waals surface area contributed by atoms with Gasteiger partial charge in [0.15, 0.2) is 0 Å². The van der Waals surface area contributed by atoms with Crippen LogP contribution in [0.3, 0.4) is 0 Å². The molecule has 1 saturated heterocycles. The second-order valence-electron chi connectivity index (χ2n) is 8.62. The highest BCUT2D eigenvalue weighted by Crippen LogP contribution is 2.28. The number of amides is 2. The molecule has 33 heavy (non-hydrogen) atoms. The van der Waals surface area contributed by atoms with Crippen LogP contribution in [0.5, 0.6) is 0 Å². The molecule has 0 spiro atoms. The number of carbonyl (C=O) groups excluding carboxylic acids is 3. The van der Waals surface area contributed by atoms with Gasteiger partial charge >= 0.3 is 0 Å². The molecule has 2 amide bonds. The minimum atomic E-state index is -1.23. The number of rotatable bonds is 5. The van der Waals surface area contributed by atoms with Crippen LogP contribution in [-0.4, -0.2) is 48.9 Å². The van der Waals surface area contributed by atoms with Gasteiger partial charge in [-0.25, -0.2) is 0 Å². The number of nitrogens with zero attached hydrogens (tertiary/aromatic N) is 2. The topological polar surface area (TPSA) is 92.8 Å². The fraction of sp³-hybridized carbons (Fsp3) is 0.346. The summed E-state index contributed by atoms with van der Waals surface area (Å²) in [7, 11) is 0. The van der Waals surface area contributed by atoms with Crippen LogP contribution in [0.4, 0.5) is 11.4 Å². The lowest BCUT2D eigenvalue weighted by Gasteiger charge is -2.36. The van der Waals surface area contributed by atoms with E-state index < -0.39 is 23.7 Å². The van der Waals surface area contributed by atoms with Crippen molar-refractivity contribution in [3.8, 4) is 0 Å². The van der Waals surface area contributed by atoms with Crippen LogP contribution in [0.1, 0.15) is 28.8 Å². The highest BCUT2D eigenvalue weighted by Gasteiger charge is 2.31. The summed E-state index contributed by atoms with van der Waals surface area (Å²) < 4.78 is 0. The number of hydrogen-bond acceptors (Lipinski definition) is 5. The second-order valence-corrected chi connectivity index (χ2v) is 8.62. The summed E-state index contributed by atoms with van der Waals surface area (Å²) in [4.78, 5) is 41.7. The Morgan fingerprint density at radius 1 is 0.879 bits per heavy atom. The van der Waals surface area contributed by atoms with E-state index in [9.17, 15) is 19.5 Å². The van der Waals surface area contributed by atoms with E-state index >= 15 is 0 Å². The number of anilines is 2. The summed E-state index contributed by atoms with van der Waals surface area (Å²) >= 11 is 0. The van der Waals surface area contributed by atoms with E-state index in [1.54, 1.807) is 35.2 Å². The number of benzene rings is 2. The van der Waals surface area contributed by atoms with Gasteiger partial charge in [-0.2, -0.15) is 0 Å². The van der Waals surface area contributed by atoms with Gasteiger partial charge < -0.3 is 25.0 Å². The summed E-state index contributed by atoms with van der Waals surface area (Å²) in [5.74, 6) is -3.36. The molecule has 0 radical (unpaired) electrons. The molecule has 1 aliphatic carbocycles. The molecule has 0 unspecified atom stereocenters. The molecule has 2 aromatic rings. The maximum Gasteiger partial charge on any atom is 0.256 e. The smallest absolute Gasteiger partial charge is 0.256 e. The van der Waals surface area contributed by atoms with Crippen LogP contribution in [-0.2, 0) is 9.59 Å². The van der Waals surface area contributed by atoms with Crippen molar-refractivity contribution in [3.05, 3.63) is 71.8 Å². The molecule has 1 aliphatic heterocycles. The van der Waals surface area contributed by atoms with Crippen molar-refractivity contribution in [3.63, 3.8) is 0 Å². The lowest BCUT2D eigenvalue weighted by molar-refractivity contribution is -0.313. The fourth-order valence-corrected chi connectivity index (χ4v) is 4.46. The van der Waals surface area contributed by atoms with Crippen LogP contribution < -0.4 is 15.3 Å². The minimum Gasteiger partial charge on any atom is -0.550 e. The van der Waals surface area contributed by atoms with Gasteiger partial charge in [0.1, 0.15) is 0 Å². The summed E-state index contributed by atoms with van der Waals surface area (Å²) in [6.45, 7) is 4.67. The third-order valence-electron chi connectivity index (χ3n) is 6.45. The Balaban J connectivity index is 1.43. The molecule has 2 aromatic carbocycles. The Labute approximate surface area is 193 Å². The monoisotopic (exact) mass is 446 g/mol. The van der Waals surface area contributed by atoms with Crippen LogP contribution >= 0.6 is 0 Å². The first-order chi connectivity index (χ1) is 15.9. The average Bonchev–Trinajstić information content (AvgIpc) is 2.84. The van der Waals surface area contributed by atoms with Gasteiger partial charge in [0, 0.05) is 43.8 Å². The van der Waals surface area contributed by atoms with Crippen molar-refractivity contribution in [2.24, 2.45) is 11.8 Å². The van der Waals surface area contributed by atoms with Crippen LogP contribution in [0, 0.1) is 18.8 Å². The molecular weight excluding hydrogens is 418 g/mol. The van der Waals surface area contributed by atoms with Crippen molar-refractivity contribution in [2.75, 3.05) is 36.4 Å². The zero-order chi connectivity index (χ0) is 23.4. The Bertz CT molecular complexity index is 1060. The predicted octanol–water partition coefficient (Wildman–Crippen LogP) is 2.23. The molecule has 1 fully saturated rings. The molecule has 0 aromatic heterocycles. The van der Waals surface area contributed by atoms with Gasteiger partial charge in [-0.05, 0) is 44.0 Å². The van der Waals surface area contributed by atoms with Crippen LogP contribution in [0.15, 0.2) is 60.7 Å². The lowest BCUT2D eigenvalue weighted by atomic mass is 9.82. The molecule has 2 atom stereocenters. The Morgan fingerprint density at radius 3 is 2.18 bits per heavy atom. The summed E-state index contributed by atoms with van der Waals surface area (Å²) in [6.07, 6.45) is 4.18. The number of carbonyl (C=O) groups is 3. The number of allylic oxidation sites excluding steroid dienone is 2. The van der Waals surface area contributed by atoms with Crippen molar-refractivity contribution in [2.45, 2.75) is 19.8 Å². The number of hydrogen-bond donors (Lipinski definition) is 1. The molecule has 0 bridgehead atoms. The number of carboxylic acids is 1. The lowest BCUT2D eigenvalue weighted by Crippen LogP contribution is -2.49. The number of para-hydroxylation sites is 1. The van der Waals surface area contributed by atoms with E-state index in [4.69, 9.17) is 0 Å². The largest absolute Gasteiger partial charge is 0.550 e. The van der Waals surface area contributed by atoms with Crippen LogP contribution in [0.2, 0.25) is 0 Å². The SMILES string of the molecule is Cc1ccc(N2CCN(C(=O)c3ccccc3NC(=O)[C@H]3CC=CC[C@H]3C(=O)[O-])CC2)cc1. The normalized spacial score (nSPS) is 20.4. The zero-order valence-corrected chi connectivity index (χ0v) is 18.7. The first-order valence-electron chi connectivity index (χ1n) is 11.3. The first kappa shape index (κ1) is 22.6. The molecule has 1 N–H and O–H groups in total. The Morgan fingerprint density at radius 2 is 1.52 bits per heavy atom. The molecule has 0 saturated carbocycles. The zero-order valence-electron chi connectivity index (χ0n) is 18.7. The third-order valence-corrected chi connectivity index (χ3v) is 6.45. The molecule has 172 valence electrons. The molecule has 1 heterocycles. The van der Waals surface area contributed by atoms with Crippen molar-refractivity contribution in [1.82, 2.24) is 4.90 Å². The fourth-order valence-electron chi connectivity index (χ4n) is 4.46. The molecular formula is C26H28N3O4-. The Hall–Kier alpha value is -3.61. The van der Waals surface area contributed by atoms with Gasteiger partial charge in [-0.15, -0.1) is 0 Å².